The summed E-state index contributed by atoms with van der Waals surface area (Å²) in [5.74, 6) is -1.95. The van der Waals surface area contributed by atoms with Crippen molar-refractivity contribution in [2.45, 2.75) is 19.3 Å². The van der Waals surface area contributed by atoms with Crippen molar-refractivity contribution in [1.29, 1.82) is 0 Å². The molecule has 2 aromatic rings. The molecule has 0 aliphatic carbocycles. The lowest BCUT2D eigenvalue weighted by molar-refractivity contribution is -0.159. The van der Waals surface area contributed by atoms with E-state index in [0.29, 0.717) is 12.8 Å². The second kappa shape index (κ2) is 7.45. The third-order valence-corrected chi connectivity index (χ3v) is 4.32. The zero-order chi connectivity index (χ0) is 16.1. The molecule has 0 fully saturated rings. The summed E-state index contributed by atoms with van der Waals surface area (Å²) in [7, 11) is 2.55. The lowest BCUT2D eigenvalue weighted by Gasteiger charge is -2.11. The number of aryl methyl sites for hydroxylation is 1. The van der Waals surface area contributed by atoms with E-state index in [1.807, 2.05) is 24.4 Å². The molecule has 0 saturated heterocycles. The second-order valence-electron chi connectivity index (χ2n) is 4.97. The summed E-state index contributed by atoms with van der Waals surface area (Å²) in [6, 6.07) is 6.01. The molecule has 1 heterocycles. The Kier molecular flexibility index (Phi) is 5.60. The number of benzene rings is 1. The number of nitrogens with one attached hydrogen (secondary N) is 1. The summed E-state index contributed by atoms with van der Waals surface area (Å²) < 4.78 is 10.3. The van der Waals surface area contributed by atoms with E-state index in [1.165, 1.54) is 14.2 Å². The molecule has 1 N–H and O–H groups in total. The number of halogens is 1. The van der Waals surface area contributed by atoms with Crippen molar-refractivity contribution in [2.24, 2.45) is 5.92 Å². The van der Waals surface area contributed by atoms with Crippen LogP contribution < -0.4 is 0 Å². The van der Waals surface area contributed by atoms with E-state index in [2.05, 4.69) is 30.4 Å². The molecule has 1 aromatic heterocycles. The van der Waals surface area contributed by atoms with E-state index in [1.54, 1.807) is 0 Å². The maximum Gasteiger partial charge on any atom is 0.320 e. The number of H-pyrrole nitrogens is 1. The van der Waals surface area contributed by atoms with Crippen LogP contribution in [0, 0.1) is 5.92 Å². The minimum Gasteiger partial charge on any atom is -0.468 e. The summed E-state index contributed by atoms with van der Waals surface area (Å²) in [4.78, 5) is 26.5. The Bertz CT molecular complexity index is 664. The van der Waals surface area contributed by atoms with Crippen molar-refractivity contribution in [3.05, 3.63) is 34.4 Å². The quantitative estimate of drug-likeness (QED) is 0.628. The fraction of sp³-hybridized carbons (Fsp3) is 0.375. The van der Waals surface area contributed by atoms with Crippen molar-refractivity contribution in [3.8, 4) is 0 Å². The third-order valence-electron chi connectivity index (χ3n) is 3.66. The molecule has 2 rings (SSSR count). The van der Waals surface area contributed by atoms with Crippen LogP contribution in [-0.4, -0.2) is 31.1 Å². The first kappa shape index (κ1) is 16.5. The van der Waals surface area contributed by atoms with Gasteiger partial charge < -0.3 is 14.5 Å². The van der Waals surface area contributed by atoms with Crippen LogP contribution in [-0.2, 0) is 25.5 Å². The minimum absolute atomic E-state index is 0.403. The first-order valence-corrected chi connectivity index (χ1v) is 7.78. The molecule has 0 atom stereocenters. The van der Waals surface area contributed by atoms with E-state index in [0.717, 1.165) is 27.4 Å². The van der Waals surface area contributed by atoms with Crippen LogP contribution in [0.15, 0.2) is 28.9 Å². The van der Waals surface area contributed by atoms with Crippen LogP contribution in [0.2, 0.25) is 0 Å². The van der Waals surface area contributed by atoms with Gasteiger partial charge in [0.05, 0.1) is 19.7 Å². The molecular formula is C16H18BrNO4. The zero-order valence-electron chi connectivity index (χ0n) is 12.5. The topological polar surface area (TPSA) is 68.4 Å². The summed E-state index contributed by atoms with van der Waals surface area (Å²) >= 11 is 3.50. The van der Waals surface area contributed by atoms with Gasteiger partial charge in [0.15, 0.2) is 5.92 Å². The number of ether oxygens (including phenoxy) is 2. The largest absolute Gasteiger partial charge is 0.468 e. The summed E-state index contributed by atoms with van der Waals surface area (Å²) in [5, 5.41) is 1.14. The number of hydrogen-bond acceptors (Lipinski definition) is 4. The van der Waals surface area contributed by atoms with E-state index < -0.39 is 17.9 Å². The number of aromatic nitrogens is 1. The number of methoxy groups -OCH3 is 2. The lowest BCUT2D eigenvalue weighted by Crippen LogP contribution is -2.26. The van der Waals surface area contributed by atoms with Crippen LogP contribution in [0.5, 0.6) is 0 Å². The molecule has 0 saturated carbocycles. The van der Waals surface area contributed by atoms with Gasteiger partial charge in [-0.2, -0.15) is 0 Å². The smallest absolute Gasteiger partial charge is 0.320 e. The van der Waals surface area contributed by atoms with Gasteiger partial charge in [0.25, 0.3) is 0 Å². The van der Waals surface area contributed by atoms with Crippen molar-refractivity contribution < 1.29 is 19.1 Å². The highest BCUT2D eigenvalue weighted by atomic mass is 79.9. The number of rotatable bonds is 6. The van der Waals surface area contributed by atoms with Crippen molar-refractivity contribution in [2.75, 3.05) is 14.2 Å². The second-order valence-corrected chi connectivity index (χ2v) is 5.82. The van der Waals surface area contributed by atoms with E-state index >= 15 is 0 Å². The van der Waals surface area contributed by atoms with Crippen molar-refractivity contribution >= 4 is 38.8 Å². The molecule has 0 spiro atoms. The normalized spacial score (nSPS) is 10.9. The molecule has 22 heavy (non-hydrogen) atoms. The maximum atomic E-state index is 11.6. The third kappa shape index (κ3) is 3.50. The number of carbonyl (C=O) groups excluding carboxylic acids is 2. The van der Waals surface area contributed by atoms with Crippen LogP contribution in [0.1, 0.15) is 18.4 Å². The van der Waals surface area contributed by atoms with Gasteiger partial charge in [0.1, 0.15) is 0 Å². The van der Waals surface area contributed by atoms with E-state index in [9.17, 15) is 9.59 Å². The fourth-order valence-electron chi connectivity index (χ4n) is 2.50. The maximum absolute atomic E-state index is 11.6. The SMILES string of the molecule is COC(=O)C(CCCc1c[nH]c2c(Br)cccc12)C(=O)OC. The number of para-hydroxylation sites is 1. The molecule has 5 nitrogen and oxygen atoms in total. The summed E-state index contributed by atoms with van der Waals surface area (Å²) in [6.45, 7) is 0. The predicted molar refractivity (Wildman–Crippen MR) is 86.5 cm³/mol. The van der Waals surface area contributed by atoms with Crippen LogP contribution in [0.4, 0.5) is 0 Å². The van der Waals surface area contributed by atoms with Crippen molar-refractivity contribution in [1.82, 2.24) is 4.98 Å². The Morgan fingerprint density at radius 2 is 1.91 bits per heavy atom. The minimum atomic E-state index is -0.855. The highest BCUT2D eigenvalue weighted by molar-refractivity contribution is 9.10. The zero-order valence-corrected chi connectivity index (χ0v) is 14.1. The van der Waals surface area contributed by atoms with Gasteiger partial charge >= 0.3 is 11.9 Å². The average molecular weight is 368 g/mol. The van der Waals surface area contributed by atoms with Gasteiger partial charge in [-0.25, -0.2) is 0 Å². The Morgan fingerprint density at radius 1 is 1.23 bits per heavy atom. The number of aromatic amines is 1. The molecule has 0 aliphatic heterocycles. The van der Waals surface area contributed by atoms with Gasteiger partial charge in [-0.05, 0) is 46.8 Å². The highest BCUT2D eigenvalue weighted by Gasteiger charge is 2.27. The van der Waals surface area contributed by atoms with Gasteiger partial charge in [0, 0.05) is 16.1 Å². The van der Waals surface area contributed by atoms with Gasteiger partial charge in [-0.1, -0.05) is 12.1 Å². The predicted octanol–water partition coefficient (Wildman–Crippen LogP) is 3.22. The Morgan fingerprint density at radius 3 is 2.55 bits per heavy atom. The van der Waals surface area contributed by atoms with E-state index in [-0.39, 0.29) is 0 Å². The molecule has 0 aliphatic rings. The Labute approximate surface area is 137 Å². The van der Waals surface area contributed by atoms with Crippen LogP contribution >= 0.6 is 15.9 Å². The van der Waals surface area contributed by atoms with Gasteiger partial charge in [0.2, 0.25) is 0 Å². The monoisotopic (exact) mass is 367 g/mol. The molecular weight excluding hydrogens is 350 g/mol. The first-order chi connectivity index (χ1) is 10.6. The highest BCUT2D eigenvalue weighted by Crippen LogP contribution is 2.27. The fourth-order valence-corrected chi connectivity index (χ4v) is 2.98. The lowest BCUT2D eigenvalue weighted by atomic mass is 9.99. The Hall–Kier alpha value is -1.82. The summed E-state index contributed by atoms with van der Waals surface area (Å²) in [5.41, 5.74) is 2.21. The van der Waals surface area contributed by atoms with E-state index in [4.69, 9.17) is 0 Å². The molecule has 6 heteroatoms. The average Bonchev–Trinajstić information content (AvgIpc) is 2.95. The number of esters is 2. The van der Waals surface area contributed by atoms with Gasteiger partial charge in [-0.3, -0.25) is 9.59 Å². The first-order valence-electron chi connectivity index (χ1n) is 6.98. The number of hydrogen-bond donors (Lipinski definition) is 1. The molecule has 0 bridgehead atoms. The molecule has 118 valence electrons. The Balaban J connectivity index is 2.03. The molecule has 0 amide bonds. The molecule has 0 unspecified atom stereocenters. The standard InChI is InChI=1S/C16H18BrNO4/c1-21-15(19)12(16(20)22-2)7-3-5-10-9-18-14-11(10)6-4-8-13(14)17/h4,6,8-9,12,18H,3,5,7H2,1-2H3. The number of fused-ring (bicyclic) bond motifs is 1. The van der Waals surface area contributed by atoms with Crippen LogP contribution in [0.3, 0.4) is 0 Å². The van der Waals surface area contributed by atoms with Crippen molar-refractivity contribution in [3.63, 3.8) is 0 Å². The number of carbonyl (C=O) groups is 2. The van der Waals surface area contributed by atoms with Gasteiger partial charge in [-0.15, -0.1) is 0 Å². The molecule has 1 aromatic carbocycles. The molecule has 0 radical (unpaired) electrons. The van der Waals surface area contributed by atoms with Crippen LogP contribution in [0.25, 0.3) is 10.9 Å². The summed E-state index contributed by atoms with van der Waals surface area (Å²) in [6.07, 6.45) is 3.82.